The Labute approximate surface area is 117 Å². The van der Waals surface area contributed by atoms with Gasteiger partial charge in [-0.1, -0.05) is 12.1 Å². The highest BCUT2D eigenvalue weighted by atomic mass is 16.5. The number of carboxylic acid groups (broad SMARTS) is 1. The third-order valence-electron chi connectivity index (χ3n) is 2.82. The summed E-state index contributed by atoms with van der Waals surface area (Å²) in [6.07, 6.45) is 0.299. The maximum atomic E-state index is 11.7. The van der Waals surface area contributed by atoms with E-state index in [1.807, 2.05) is 0 Å². The lowest BCUT2D eigenvalue weighted by Gasteiger charge is -2.12. The Morgan fingerprint density at radius 3 is 2.45 bits per heavy atom. The van der Waals surface area contributed by atoms with E-state index in [9.17, 15) is 9.59 Å². The minimum atomic E-state index is -1.07. The van der Waals surface area contributed by atoms with Crippen LogP contribution in [-0.4, -0.2) is 48.3 Å². The fourth-order valence-electron chi connectivity index (χ4n) is 1.71. The Kier molecular flexibility index (Phi) is 6.69. The van der Waals surface area contributed by atoms with Crippen LogP contribution in [0.4, 0.5) is 0 Å². The second-order valence-electron chi connectivity index (χ2n) is 4.35. The van der Waals surface area contributed by atoms with Gasteiger partial charge in [0.15, 0.2) is 5.78 Å². The number of hydrogen-bond donors (Lipinski definition) is 3. The number of ketones is 1. The molecular weight excluding hydrogens is 262 g/mol. The number of methoxy groups -OCH3 is 1. The topological polar surface area (TPSA) is 95.9 Å². The maximum absolute atomic E-state index is 11.7. The highest BCUT2D eigenvalue weighted by molar-refractivity contribution is 5.83. The predicted octanol–water partition coefficient (Wildman–Crippen LogP) is 0.232. The van der Waals surface area contributed by atoms with Crippen LogP contribution in [0.3, 0.4) is 0 Å². The highest BCUT2D eigenvalue weighted by Crippen LogP contribution is 2.11. The largest absolute Gasteiger partial charge is 0.497 e. The molecule has 0 aromatic heterocycles. The van der Waals surface area contributed by atoms with E-state index >= 15 is 0 Å². The van der Waals surface area contributed by atoms with Gasteiger partial charge in [0.25, 0.3) is 0 Å². The Hall–Kier alpha value is -1.92. The summed E-state index contributed by atoms with van der Waals surface area (Å²) in [5.74, 6) is -0.469. The van der Waals surface area contributed by atoms with Gasteiger partial charge in [0.1, 0.15) is 11.8 Å². The van der Waals surface area contributed by atoms with Crippen molar-refractivity contribution in [2.24, 2.45) is 0 Å². The zero-order valence-corrected chi connectivity index (χ0v) is 11.3. The molecule has 20 heavy (non-hydrogen) atoms. The van der Waals surface area contributed by atoms with Crippen LogP contribution in [-0.2, 0) is 16.0 Å². The molecule has 0 radical (unpaired) electrons. The van der Waals surface area contributed by atoms with Gasteiger partial charge >= 0.3 is 5.97 Å². The molecule has 0 aliphatic rings. The lowest BCUT2D eigenvalue weighted by molar-refractivity contribution is -0.140. The Morgan fingerprint density at radius 1 is 1.30 bits per heavy atom. The number of carbonyl (C=O) groups excluding carboxylic acids is 1. The average molecular weight is 281 g/mol. The number of Topliss-reactive ketones (excluding diaryl/α,β-unsaturated/α-hetero) is 1. The van der Waals surface area contributed by atoms with E-state index < -0.39 is 12.0 Å². The molecule has 0 fully saturated rings. The van der Waals surface area contributed by atoms with Crippen LogP contribution >= 0.6 is 0 Å². The quantitative estimate of drug-likeness (QED) is 0.600. The first-order valence-electron chi connectivity index (χ1n) is 6.28. The molecule has 0 saturated carbocycles. The summed E-state index contributed by atoms with van der Waals surface area (Å²) in [5.41, 5.74) is 0.839. The lowest BCUT2D eigenvalue weighted by atomic mass is 10.1. The van der Waals surface area contributed by atoms with E-state index in [-0.39, 0.29) is 31.8 Å². The Balaban J connectivity index is 2.44. The summed E-state index contributed by atoms with van der Waals surface area (Å²) in [4.78, 5) is 22.6. The first kappa shape index (κ1) is 16.1. The fraction of sp³-hybridized carbons (Fsp3) is 0.429. The van der Waals surface area contributed by atoms with Crippen molar-refractivity contribution < 1.29 is 24.5 Å². The number of rotatable bonds is 9. The number of aliphatic carboxylic acids is 1. The molecule has 6 heteroatoms. The van der Waals surface area contributed by atoms with Gasteiger partial charge in [-0.2, -0.15) is 0 Å². The fourth-order valence-corrected chi connectivity index (χ4v) is 1.71. The van der Waals surface area contributed by atoms with E-state index in [0.717, 1.165) is 5.56 Å². The minimum absolute atomic E-state index is 0.0387. The van der Waals surface area contributed by atoms with Crippen LogP contribution in [0.15, 0.2) is 24.3 Å². The molecule has 1 aromatic carbocycles. The van der Waals surface area contributed by atoms with Crippen LogP contribution < -0.4 is 10.1 Å². The van der Waals surface area contributed by atoms with Crippen LogP contribution in [0, 0.1) is 0 Å². The summed E-state index contributed by atoms with van der Waals surface area (Å²) in [7, 11) is 1.57. The molecule has 3 N–H and O–H groups in total. The Bertz CT molecular complexity index is 443. The van der Waals surface area contributed by atoms with E-state index in [0.29, 0.717) is 5.75 Å². The number of nitrogens with one attached hydrogen (secondary N) is 1. The molecule has 6 nitrogen and oxygen atoms in total. The summed E-state index contributed by atoms with van der Waals surface area (Å²) < 4.78 is 5.02. The number of aliphatic hydroxyl groups excluding tert-OH is 1. The van der Waals surface area contributed by atoms with Crippen LogP contribution in [0.1, 0.15) is 12.0 Å². The van der Waals surface area contributed by atoms with Gasteiger partial charge in [-0.3, -0.25) is 14.9 Å². The molecule has 0 aliphatic heterocycles. The number of ether oxygens (including phenoxy) is 1. The highest BCUT2D eigenvalue weighted by Gasteiger charge is 2.17. The first-order valence-corrected chi connectivity index (χ1v) is 6.28. The predicted molar refractivity (Wildman–Crippen MR) is 72.8 cm³/mol. The van der Waals surface area contributed by atoms with Gasteiger partial charge in [-0.25, -0.2) is 0 Å². The molecule has 0 bridgehead atoms. The molecule has 0 spiro atoms. The van der Waals surface area contributed by atoms with Crippen LogP contribution in [0.2, 0.25) is 0 Å². The average Bonchev–Trinajstić information content (AvgIpc) is 2.44. The third-order valence-corrected chi connectivity index (χ3v) is 2.82. The SMILES string of the molecule is COc1ccc(CC(=O)CN[C@@H](CCO)C(=O)O)cc1. The van der Waals surface area contributed by atoms with Crippen molar-refractivity contribution in [2.45, 2.75) is 18.9 Å². The van der Waals surface area contributed by atoms with Crippen LogP contribution in [0.5, 0.6) is 5.75 Å². The number of hydrogen-bond acceptors (Lipinski definition) is 5. The van der Waals surface area contributed by atoms with Crippen molar-refractivity contribution in [2.75, 3.05) is 20.3 Å². The third kappa shape index (κ3) is 5.38. The number of carbonyl (C=O) groups is 2. The summed E-state index contributed by atoms with van der Waals surface area (Å²) >= 11 is 0. The van der Waals surface area contributed by atoms with Gasteiger partial charge in [0, 0.05) is 13.0 Å². The molecule has 0 saturated heterocycles. The first-order chi connectivity index (χ1) is 9.56. The molecule has 1 atom stereocenters. The van der Waals surface area contributed by atoms with E-state index in [4.69, 9.17) is 14.9 Å². The van der Waals surface area contributed by atoms with E-state index in [1.54, 1.807) is 31.4 Å². The summed E-state index contributed by atoms with van der Waals surface area (Å²) in [5, 5.41) is 20.2. The van der Waals surface area contributed by atoms with Gasteiger partial charge in [0.05, 0.1) is 13.7 Å². The number of carboxylic acids is 1. The smallest absolute Gasteiger partial charge is 0.320 e. The lowest BCUT2D eigenvalue weighted by Crippen LogP contribution is -2.40. The van der Waals surface area contributed by atoms with Crippen molar-refractivity contribution >= 4 is 11.8 Å². The molecule has 1 rings (SSSR count). The molecule has 110 valence electrons. The number of benzene rings is 1. The van der Waals surface area contributed by atoms with Gasteiger partial charge in [-0.05, 0) is 24.1 Å². The van der Waals surface area contributed by atoms with Gasteiger partial charge in [-0.15, -0.1) is 0 Å². The van der Waals surface area contributed by atoms with Crippen molar-refractivity contribution in [3.05, 3.63) is 29.8 Å². The normalized spacial score (nSPS) is 11.9. The minimum Gasteiger partial charge on any atom is -0.497 e. The molecule has 0 amide bonds. The molecule has 0 heterocycles. The second kappa shape index (κ2) is 8.29. The van der Waals surface area contributed by atoms with Crippen molar-refractivity contribution in [3.63, 3.8) is 0 Å². The maximum Gasteiger partial charge on any atom is 0.320 e. The molecular formula is C14H19NO5. The zero-order chi connectivity index (χ0) is 15.0. The Morgan fingerprint density at radius 2 is 1.95 bits per heavy atom. The monoisotopic (exact) mass is 281 g/mol. The van der Waals surface area contributed by atoms with Gasteiger partial charge in [0.2, 0.25) is 0 Å². The summed E-state index contributed by atoms with van der Waals surface area (Å²) in [6.45, 7) is -0.278. The zero-order valence-electron chi connectivity index (χ0n) is 11.3. The van der Waals surface area contributed by atoms with Crippen LogP contribution in [0.25, 0.3) is 0 Å². The van der Waals surface area contributed by atoms with Gasteiger partial charge < -0.3 is 14.9 Å². The standard InChI is InChI=1S/C14H19NO5/c1-20-12-4-2-10(3-5-12)8-11(17)9-15-13(6-7-16)14(18)19/h2-5,13,15-16H,6-9H2,1H3,(H,18,19)/t13-/m0/s1. The van der Waals surface area contributed by atoms with Crippen molar-refractivity contribution in [1.82, 2.24) is 5.32 Å². The number of aliphatic hydroxyl groups is 1. The molecule has 0 unspecified atom stereocenters. The van der Waals surface area contributed by atoms with E-state index in [2.05, 4.69) is 5.32 Å². The second-order valence-corrected chi connectivity index (χ2v) is 4.35. The molecule has 0 aliphatic carbocycles. The van der Waals surface area contributed by atoms with Crippen molar-refractivity contribution in [1.29, 1.82) is 0 Å². The van der Waals surface area contributed by atoms with Crippen molar-refractivity contribution in [3.8, 4) is 5.75 Å². The van der Waals surface area contributed by atoms with E-state index in [1.165, 1.54) is 0 Å². The molecule has 1 aromatic rings. The summed E-state index contributed by atoms with van der Waals surface area (Å²) in [6, 6.07) is 6.21.